The first-order valence-electron chi connectivity index (χ1n) is 25.3. The minimum Gasteiger partial charge on any atom is -0.347 e. The number of hydrogen-bond acceptors (Lipinski definition) is 3. The Hall–Kier alpha value is -0.485. The Morgan fingerprint density at radius 3 is 2.21 bits per heavy atom. The minimum absolute atomic E-state index is 0.181. The zero-order valence-electron chi connectivity index (χ0n) is 39.7. The fourth-order valence-corrected chi connectivity index (χ4v) is 13.6. The number of unbranched alkanes of at least 4 members (excludes halogenated alkanes) is 11. The molecule has 0 aromatic rings. The second kappa shape index (κ2) is 26.2. The van der Waals surface area contributed by atoms with E-state index in [-0.39, 0.29) is 12.4 Å². The third kappa shape index (κ3) is 15.7. The molecule has 5 heteroatoms. The Bertz CT molecular complexity index is 1210. The van der Waals surface area contributed by atoms with Crippen molar-refractivity contribution in [3.8, 4) is 0 Å². The Kier molecular flexibility index (Phi) is 22.7. The van der Waals surface area contributed by atoms with Crippen LogP contribution in [0, 0.1) is 46.3 Å². The van der Waals surface area contributed by atoms with Gasteiger partial charge in [-0.25, -0.2) is 0 Å². The van der Waals surface area contributed by atoms with Gasteiger partial charge >= 0.3 is 0 Å². The molecule has 9 atom stereocenters. The van der Waals surface area contributed by atoms with Crippen molar-refractivity contribution in [1.82, 2.24) is 0 Å². The van der Waals surface area contributed by atoms with E-state index < -0.39 is 10.6 Å². The standard InChI is InChI=1S/C53H95BO3S/c1-9-10-11-12-13-14-15-16-17-18-19-20-21-22-25-31-51(57-58(7,8)55-41-27-24-23-26-40-54)56-46-36-38-52(5)45(42-46)32-33-47-49-35-34-48(44(4)30-28-29-43(2)3)53(49,6)39-37-50(47)52/h13-14,16-17,32,43-44,46-51H,9-12,15,18-31,33-42H2,1-8H3/b14-13-,17-16-. The zero-order valence-corrected chi connectivity index (χ0v) is 40.5. The van der Waals surface area contributed by atoms with Crippen LogP contribution in [0.3, 0.4) is 0 Å². The van der Waals surface area contributed by atoms with Gasteiger partial charge in [0.05, 0.1) is 20.6 Å². The van der Waals surface area contributed by atoms with Crippen molar-refractivity contribution in [2.75, 3.05) is 19.1 Å². The van der Waals surface area contributed by atoms with Crippen LogP contribution in [0.25, 0.3) is 0 Å². The molecule has 9 unspecified atom stereocenters. The van der Waals surface area contributed by atoms with E-state index in [4.69, 9.17) is 20.9 Å². The van der Waals surface area contributed by atoms with E-state index >= 15 is 0 Å². The van der Waals surface area contributed by atoms with Crippen molar-refractivity contribution in [2.24, 2.45) is 46.3 Å². The van der Waals surface area contributed by atoms with E-state index in [0.717, 1.165) is 93.4 Å². The van der Waals surface area contributed by atoms with E-state index in [2.05, 4.69) is 84.4 Å². The fourth-order valence-electron chi connectivity index (χ4n) is 12.4. The van der Waals surface area contributed by atoms with E-state index in [1.54, 1.807) is 5.57 Å². The summed E-state index contributed by atoms with van der Waals surface area (Å²) in [6.45, 7) is 15.8. The second-order valence-corrected chi connectivity index (χ2v) is 23.7. The molecule has 3 fully saturated rings. The van der Waals surface area contributed by atoms with Gasteiger partial charge in [0.2, 0.25) is 0 Å². The lowest BCUT2D eigenvalue weighted by Gasteiger charge is -2.58. The quantitative estimate of drug-likeness (QED) is 0.0313. The Morgan fingerprint density at radius 2 is 1.47 bits per heavy atom. The molecule has 58 heavy (non-hydrogen) atoms. The number of ether oxygens (including phenoxy) is 1. The summed E-state index contributed by atoms with van der Waals surface area (Å²) in [6.07, 6.45) is 51.6. The third-order valence-corrected chi connectivity index (χ3v) is 17.2. The molecule has 0 aromatic carbocycles. The van der Waals surface area contributed by atoms with Gasteiger partial charge in [-0.1, -0.05) is 154 Å². The van der Waals surface area contributed by atoms with Gasteiger partial charge in [-0.3, -0.25) is 8.37 Å². The summed E-state index contributed by atoms with van der Waals surface area (Å²) < 4.78 is 20.3. The lowest BCUT2D eigenvalue weighted by molar-refractivity contribution is -0.137. The van der Waals surface area contributed by atoms with Gasteiger partial charge in [0.1, 0.15) is 0 Å². The first-order chi connectivity index (χ1) is 27.9. The van der Waals surface area contributed by atoms with Crippen LogP contribution >= 0.6 is 10.6 Å². The van der Waals surface area contributed by atoms with Crippen molar-refractivity contribution >= 4 is 18.4 Å². The molecule has 0 heterocycles. The molecular formula is C53H95BO3S. The van der Waals surface area contributed by atoms with Crippen molar-refractivity contribution < 1.29 is 13.1 Å². The van der Waals surface area contributed by atoms with Gasteiger partial charge < -0.3 is 4.74 Å². The highest BCUT2D eigenvalue weighted by molar-refractivity contribution is 8.24. The first kappa shape index (κ1) is 50.2. The Morgan fingerprint density at radius 1 is 0.759 bits per heavy atom. The van der Waals surface area contributed by atoms with E-state index in [1.165, 1.54) is 128 Å². The van der Waals surface area contributed by atoms with Crippen molar-refractivity contribution in [3.05, 3.63) is 36.0 Å². The normalized spacial score (nSPS) is 30.1. The van der Waals surface area contributed by atoms with Crippen LogP contribution < -0.4 is 0 Å². The average molecular weight is 823 g/mol. The molecule has 0 amide bonds. The highest BCUT2D eigenvalue weighted by atomic mass is 32.3. The molecule has 4 aliphatic rings. The number of allylic oxidation sites excluding steroid dienone is 5. The number of hydrogen-bond donors (Lipinski definition) is 0. The number of fused-ring (bicyclic) bond motifs is 5. The average Bonchev–Trinajstić information content (AvgIpc) is 3.55. The van der Waals surface area contributed by atoms with Crippen LogP contribution in [0.4, 0.5) is 0 Å². The highest BCUT2D eigenvalue weighted by Crippen LogP contribution is 2.67. The molecule has 0 aliphatic heterocycles. The second-order valence-electron chi connectivity index (χ2n) is 21.0. The van der Waals surface area contributed by atoms with Crippen molar-refractivity contribution in [3.63, 3.8) is 0 Å². The summed E-state index contributed by atoms with van der Waals surface area (Å²) in [5.41, 5.74) is 2.62. The first-order valence-corrected chi connectivity index (χ1v) is 27.6. The van der Waals surface area contributed by atoms with Gasteiger partial charge in [0.25, 0.3) is 0 Å². The predicted octanol–water partition coefficient (Wildman–Crippen LogP) is 16.6. The maximum absolute atomic E-state index is 7.06. The molecule has 0 N–H and O–H groups in total. The lowest BCUT2D eigenvalue weighted by atomic mass is 9.47. The molecule has 3 nitrogen and oxygen atoms in total. The maximum Gasteiger partial charge on any atom is 0.180 e. The number of rotatable bonds is 30. The molecule has 3 saturated carbocycles. The topological polar surface area (TPSA) is 27.7 Å². The van der Waals surface area contributed by atoms with Crippen molar-refractivity contribution in [1.29, 1.82) is 0 Å². The van der Waals surface area contributed by atoms with Crippen molar-refractivity contribution in [2.45, 2.75) is 234 Å². The molecule has 2 radical (unpaired) electrons. The monoisotopic (exact) mass is 823 g/mol. The summed E-state index contributed by atoms with van der Waals surface area (Å²) in [7, 11) is 4.06. The highest BCUT2D eigenvalue weighted by Gasteiger charge is 2.59. The molecule has 334 valence electrons. The molecule has 4 aliphatic carbocycles. The predicted molar refractivity (Wildman–Crippen MR) is 257 cm³/mol. The van der Waals surface area contributed by atoms with E-state index in [1.807, 2.05) is 0 Å². The molecule has 0 spiro atoms. The van der Waals surface area contributed by atoms with Crippen LogP contribution in [-0.4, -0.2) is 39.4 Å². The summed E-state index contributed by atoms with van der Waals surface area (Å²) >= 11 is 0. The molecule has 0 aromatic heterocycles. The Labute approximate surface area is 365 Å². The van der Waals surface area contributed by atoms with Gasteiger partial charge in [-0.2, -0.15) is 10.6 Å². The van der Waals surface area contributed by atoms with Gasteiger partial charge in [0, 0.05) is 18.9 Å². The smallest absolute Gasteiger partial charge is 0.180 e. The third-order valence-electron chi connectivity index (χ3n) is 15.8. The van der Waals surface area contributed by atoms with Gasteiger partial charge in [0.15, 0.2) is 6.29 Å². The van der Waals surface area contributed by atoms with Crippen LogP contribution in [0.1, 0.15) is 215 Å². The summed E-state index contributed by atoms with van der Waals surface area (Å²) in [4.78, 5) is 0. The molecule has 0 bridgehead atoms. The van der Waals surface area contributed by atoms with Crippen LogP contribution in [0.5, 0.6) is 0 Å². The lowest BCUT2D eigenvalue weighted by Crippen LogP contribution is -2.51. The summed E-state index contributed by atoms with van der Waals surface area (Å²) in [5, 5.41) is 0. The van der Waals surface area contributed by atoms with Crippen LogP contribution in [0.2, 0.25) is 6.32 Å². The molecule has 0 saturated heterocycles. The Balaban J connectivity index is 1.28. The fraction of sp³-hybridized carbons (Fsp3) is 0.887. The molecular weight excluding hydrogens is 727 g/mol. The van der Waals surface area contributed by atoms with Gasteiger partial charge in [-0.15, -0.1) is 0 Å². The van der Waals surface area contributed by atoms with Gasteiger partial charge in [-0.05, 0) is 143 Å². The maximum atomic E-state index is 7.06. The van der Waals surface area contributed by atoms with Crippen LogP contribution in [-0.2, 0) is 13.1 Å². The summed E-state index contributed by atoms with van der Waals surface area (Å²) in [6, 6.07) is 0. The SMILES string of the molecule is [B]CCCCCCOS(C)(C)OC(CCCCCCC/C=C\C/C=C\CCCCC)OC1CCC2(C)C(=CCC3C2CCC2(C)C(C(C)CCCC(C)C)CCC32)C1. The van der Waals surface area contributed by atoms with E-state index in [9.17, 15) is 0 Å². The van der Waals surface area contributed by atoms with Crippen LogP contribution in [0.15, 0.2) is 36.0 Å². The molecule has 4 rings (SSSR count). The van der Waals surface area contributed by atoms with E-state index in [0.29, 0.717) is 10.8 Å². The largest absolute Gasteiger partial charge is 0.347 e. The minimum atomic E-state index is -1.66. The summed E-state index contributed by atoms with van der Waals surface area (Å²) in [5.74, 6) is 5.28. The zero-order chi connectivity index (χ0) is 41.9.